The molecule has 0 aromatic carbocycles. The van der Waals surface area contributed by atoms with E-state index in [1.54, 1.807) is 18.5 Å². The Hall–Kier alpha value is -1.82. The van der Waals surface area contributed by atoms with Crippen molar-refractivity contribution < 1.29 is 4.52 Å². The Morgan fingerprint density at radius 2 is 2.16 bits per heavy atom. The van der Waals surface area contributed by atoms with Gasteiger partial charge in [0.2, 0.25) is 17.5 Å². The van der Waals surface area contributed by atoms with E-state index >= 15 is 0 Å². The monoisotopic (exact) mass is 259 g/mol. The van der Waals surface area contributed by atoms with Gasteiger partial charge in [0.25, 0.3) is 0 Å². The minimum Gasteiger partial charge on any atom is -0.339 e. The summed E-state index contributed by atoms with van der Waals surface area (Å²) in [5, 5.41) is 7.34. The van der Waals surface area contributed by atoms with Crippen molar-refractivity contribution in [2.45, 2.75) is 25.7 Å². The van der Waals surface area contributed by atoms with Gasteiger partial charge in [-0.2, -0.15) is 4.98 Å². The summed E-state index contributed by atoms with van der Waals surface area (Å²) in [6.45, 7) is 2.25. The molecular weight excluding hydrogens is 242 g/mol. The maximum atomic E-state index is 5.25. The maximum absolute atomic E-state index is 5.25. The van der Waals surface area contributed by atoms with Crippen molar-refractivity contribution in [2.75, 3.05) is 13.1 Å². The van der Waals surface area contributed by atoms with E-state index < -0.39 is 0 Å². The lowest BCUT2D eigenvalue weighted by Crippen LogP contribution is -2.29. The lowest BCUT2D eigenvalue weighted by atomic mass is 9.95. The largest absolute Gasteiger partial charge is 0.339 e. The fraction of sp³-hybridized carbons (Fsp3) is 0.538. The van der Waals surface area contributed by atoms with Crippen LogP contribution in [0.2, 0.25) is 0 Å². The summed E-state index contributed by atoms with van der Waals surface area (Å²) in [7, 11) is 0. The van der Waals surface area contributed by atoms with E-state index in [0.717, 1.165) is 31.8 Å². The van der Waals surface area contributed by atoms with Gasteiger partial charge >= 0.3 is 0 Å². The predicted octanol–water partition coefficient (Wildman–Crippen LogP) is 1.46. The molecule has 3 rings (SSSR count). The zero-order valence-electron chi connectivity index (χ0n) is 10.7. The van der Waals surface area contributed by atoms with Gasteiger partial charge in [0.05, 0.1) is 0 Å². The van der Waals surface area contributed by atoms with Gasteiger partial charge in [0.1, 0.15) is 0 Å². The number of piperidine rings is 1. The molecule has 1 saturated heterocycles. The number of aryl methyl sites for hydroxylation is 1. The zero-order chi connectivity index (χ0) is 12.9. The van der Waals surface area contributed by atoms with E-state index in [4.69, 9.17) is 4.52 Å². The fourth-order valence-corrected chi connectivity index (χ4v) is 2.36. The third-order valence-electron chi connectivity index (χ3n) is 3.40. The standard InChI is InChI=1S/C13H17N5O/c1-3-10(9-14-6-1)4-5-11-17-13(18-19-11)12-15-7-2-8-16-12/h2,7-8,10,14H,1,3-6,9H2. The molecule has 19 heavy (non-hydrogen) atoms. The van der Waals surface area contributed by atoms with Crippen molar-refractivity contribution in [1.82, 2.24) is 25.4 Å². The second-order valence-corrected chi connectivity index (χ2v) is 4.84. The van der Waals surface area contributed by atoms with Gasteiger partial charge in [-0.15, -0.1) is 0 Å². The molecule has 0 spiro atoms. The summed E-state index contributed by atoms with van der Waals surface area (Å²) in [5.74, 6) is 2.37. The Labute approximate surface area is 111 Å². The molecule has 1 unspecified atom stereocenters. The molecule has 0 aliphatic carbocycles. The summed E-state index contributed by atoms with van der Waals surface area (Å²) in [6.07, 6.45) is 7.81. The van der Waals surface area contributed by atoms with Crippen LogP contribution in [0.1, 0.15) is 25.2 Å². The SMILES string of the molecule is c1cnc(-c2noc(CCC3CCCNC3)n2)nc1. The quantitative estimate of drug-likeness (QED) is 0.895. The Kier molecular flexibility index (Phi) is 3.78. The van der Waals surface area contributed by atoms with E-state index in [0.29, 0.717) is 17.5 Å². The summed E-state index contributed by atoms with van der Waals surface area (Å²) < 4.78 is 5.25. The number of nitrogens with zero attached hydrogens (tertiary/aromatic N) is 4. The van der Waals surface area contributed by atoms with Crippen molar-refractivity contribution in [2.24, 2.45) is 5.92 Å². The smallest absolute Gasteiger partial charge is 0.240 e. The summed E-state index contributed by atoms with van der Waals surface area (Å²) in [6, 6.07) is 1.76. The van der Waals surface area contributed by atoms with Crippen molar-refractivity contribution in [3.8, 4) is 11.6 Å². The molecule has 1 fully saturated rings. The molecule has 6 nitrogen and oxygen atoms in total. The normalized spacial score (nSPS) is 19.5. The van der Waals surface area contributed by atoms with Crippen molar-refractivity contribution in [1.29, 1.82) is 0 Å². The Morgan fingerprint density at radius 3 is 2.95 bits per heavy atom. The minimum absolute atomic E-state index is 0.470. The van der Waals surface area contributed by atoms with E-state index in [1.807, 2.05) is 0 Å². The third-order valence-corrected chi connectivity index (χ3v) is 3.40. The van der Waals surface area contributed by atoms with Gasteiger partial charge in [0, 0.05) is 18.8 Å². The lowest BCUT2D eigenvalue weighted by molar-refractivity contribution is 0.327. The van der Waals surface area contributed by atoms with Crippen LogP contribution in [0.3, 0.4) is 0 Å². The van der Waals surface area contributed by atoms with Crippen molar-refractivity contribution >= 4 is 0 Å². The Morgan fingerprint density at radius 1 is 1.26 bits per heavy atom. The highest BCUT2D eigenvalue weighted by molar-refractivity contribution is 5.40. The molecule has 0 saturated carbocycles. The van der Waals surface area contributed by atoms with Crippen LogP contribution < -0.4 is 5.32 Å². The number of hydrogen-bond acceptors (Lipinski definition) is 6. The van der Waals surface area contributed by atoms with Crippen LogP contribution in [-0.2, 0) is 6.42 Å². The van der Waals surface area contributed by atoms with E-state index in [1.165, 1.54) is 12.8 Å². The molecule has 6 heteroatoms. The molecular formula is C13H17N5O. The molecule has 3 heterocycles. The van der Waals surface area contributed by atoms with Gasteiger partial charge < -0.3 is 9.84 Å². The first-order valence-corrected chi connectivity index (χ1v) is 6.72. The molecule has 0 amide bonds. The van der Waals surface area contributed by atoms with Gasteiger partial charge in [-0.3, -0.25) is 0 Å². The first-order valence-electron chi connectivity index (χ1n) is 6.72. The van der Waals surface area contributed by atoms with Crippen LogP contribution in [0.15, 0.2) is 23.0 Å². The highest BCUT2D eigenvalue weighted by Crippen LogP contribution is 2.17. The van der Waals surface area contributed by atoms with Crippen LogP contribution >= 0.6 is 0 Å². The molecule has 1 aliphatic heterocycles. The van der Waals surface area contributed by atoms with Crippen LogP contribution in [0.4, 0.5) is 0 Å². The highest BCUT2D eigenvalue weighted by atomic mass is 16.5. The molecule has 100 valence electrons. The van der Waals surface area contributed by atoms with Gasteiger partial charge in [0.15, 0.2) is 0 Å². The molecule has 1 aliphatic rings. The Balaban J connectivity index is 1.59. The number of rotatable bonds is 4. The molecule has 2 aromatic heterocycles. The zero-order valence-corrected chi connectivity index (χ0v) is 10.7. The van der Waals surface area contributed by atoms with Gasteiger partial charge in [-0.05, 0) is 44.3 Å². The second-order valence-electron chi connectivity index (χ2n) is 4.84. The highest BCUT2D eigenvalue weighted by Gasteiger charge is 2.15. The molecule has 0 radical (unpaired) electrons. The predicted molar refractivity (Wildman–Crippen MR) is 69.2 cm³/mol. The van der Waals surface area contributed by atoms with E-state index in [9.17, 15) is 0 Å². The first kappa shape index (κ1) is 12.2. The van der Waals surface area contributed by atoms with E-state index in [2.05, 4.69) is 25.4 Å². The fourth-order valence-electron chi connectivity index (χ4n) is 2.36. The number of aromatic nitrogens is 4. The molecule has 2 aromatic rings. The average Bonchev–Trinajstić information content (AvgIpc) is 2.96. The first-order chi connectivity index (χ1) is 9.42. The van der Waals surface area contributed by atoms with Crippen LogP contribution in [-0.4, -0.2) is 33.2 Å². The molecule has 1 atom stereocenters. The van der Waals surface area contributed by atoms with Crippen molar-refractivity contribution in [3.63, 3.8) is 0 Å². The lowest BCUT2D eigenvalue weighted by Gasteiger charge is -2.21. The number of nitrogens with one attached hydrogen (secondary N) is 1. The van der Waals surface area contributed by atoms with Gasteiger partial charge in [-0.25, -0.2) is 9.97 Å². The molecule has 0 bridgehead atoms. The maximum Gasteiger partial charge on any atom is 0.240 e. The van der Waals surface area contributed by atoms with Crippen LogP contribution in [0.25, 0.3) is 11.6 Å². The summed E-state index contributed by atoms with van der Waals surface area (Å²) in [5.41, 5.74) is 0. The Bertz CT molecular complexity index is 507. The van der Waals surface area contributed by atoms with Gasteiger partial charge in [-0.1, -0.05) is 5.16 Å². The van der Waals surface area contributed by atoms with Crippen molar-refractivity contribution in [3.05, 3.63) is 24.4 Å². The third kappa shape index (κ3) is 3.14. The van der Waals surface area contributed by atoms with E-state index in [-0.39, 0.29) is 0 Å². The second kappa shape index (κ2) is 5.88. The number of hydrogen-bond donors (Lipinski definition) is 1. The minimum atomic E-state index is 0.470. The topological polar surface area (TPSA) is 76.7 Å². The summed E-state index contributed by atoms with van der Waals surface area (Å²) >= 11 is 0. The summed E-state index contributed by atoms with van der Waals surface area (Å²) in [4.78, 5) is 12.6. The average molecular weight is 259 g/mol. The molecule has 1 N–H and O–H groups in total. The van der Waals surface area contributed by atoms with Crippen LogP contribution in [0.5, 0.6) is 0 Å². The van der Waals surface area contributed by atoms with Crippen LogP contribution in [0, 0.1) is 5.92 Å².